The molecule has 0 N–H and O–H groups in total. The van der Waals surface area contributed by atoms with Crippen LogP contribution in [0.1, 0.15) is 23.6 Å². The lowest BCUT2D eigenvalue weighted by Crippen LogP contribution is -2.03. The molecule has 0 spiro atoms. The van der Waals surface area contributed by atoms with Crippen LogP contribution >= 0.6 is 15.9 Å². The molecule has 0 aliphatic carbocycles. The summed E-state index contributed by atoms with van der Waals surface area (Å²) in [5.41, 5.74) is 3.14. The van der Waals surface area contributed by atoms with Crippen LogP contribution in [-0.4, -0.2) is 13.2 Å². The van der Waals surface area contributed by atoms with Crippen molar-refractivity contribution in [1.82, 2.24) is 0 Å². The molecule has 0 bridgehead atoms. The predicted molar refractivity (Wildman–Crippen MR) is 91.3 cm³/mol. The molecule has 2 aromatic carbocycles. The number of ether oxygens (including phenoxy) is 2. The third-order valence-electron chi connectivity index (χ3n) is 3.27. The second-order valence-corrected chi connectivity index (χ2v) is 5.86. The fourth-order valence-electron chi connectivity index (χ4n) is 2.22. The molecule has 5 heteroatoms. The Bertz CT molecular complexity index is 714. The van der Waals surface area contributed by atoms with Crippen molar-refractivity contribution in [3.8, 4) is 11.5 Å². The van der Waals surface area contributed by atoms with E-state index in [0.29, 0.717) is 12.2 Å². The Kier molecular flexibility index (Phi) is 5.77. The van der Waals surface area contributed by atoms with Gasteiger partial charge in [0.1, 0.15) is 11.5 Å². The van der Waals surface area contributed by atoms with Crippen molar-refractivity contribution < 1.29 is 18.3 Å². The van der Waals surface area contributed by atoms with Crippen molar-refractivity contribution in [2.24, 2.45) is 0 Å². The van der Waals surface area contributed by atoms with E-state index >= 15 is 0 Å². The van der Waals surface area contributed by atoms with Crippen LogP contribution < -0.4 is 9.47 Å². The van der Waals surface area contributed by atoms with Gasteiger partial charge in [-0.1, -0.05) is 28.6 Å². The molecule has 0 aromatic heterocycles. The van der Waals surface area contributed by atoms with E-state index in [1.165, 1.54) is 6.07 Å². The number of benzene rings is 2. The van der Waals surface area contributed by atoms with E-state index in [2.05, 4.69) is 27.2 Å². The van der Waals surface area contributed by atoms with E-state index in [4.69, 9.17) is 4.74 Å². The summed E-state index contributed by atoms with van der Waals surface area (Å²) in [7, 11) is 0. The van der Waals surface area contributed by atoms with E-state index in [1.54, 1.807) is 19.1 Å². The fourth-order valence-corrected chi connectivity index (χ4v) is 2.69. The molecule has 122 valence electrons. The lowest BCUT2D eigenvalue weighted by molar-refractivity contribution is -0.0502. The van der Waals surface area contributed by atoms with E-state index in [-0.39, 0.29) is 5.75 Å². The topological polar surface area (TPSA) is 18.5 Å². The fraction of sp³-hybridized carbons (Fsp3) is 0.222. The second kappa shape index (κ2) is 7.59. The van der Waals surface area contributed by atoms with E-state index in [9.17, 15) is 8.78 Å². The lowest BCUT2D eigenvalue weighted by atomic mass is 9.98. The molecule has 0 fully saturated rings. The predicted octanol–water partition coefficient (Wildman–Crippen LogP) is 5.82. The van der Waals surface area contributed by atoms with Crippen LogP contribution in [0.4, 0.5) is 8.78 Å². The summed E-state index contributed by atoms with van der Waals surface area (Å²) >= 11 is 3.45. The van der Waals surface area contributed by atoms with Gasteiger partial charge in [0.15, 0.2) is 0 Å². The molecule has 0 aliphatic rings. The number of hydrogen-bond acceptors (Lipinski definition) is 2. The molecule has 2 nitrogen and oxygen atoms in total. The first-order chi connectivity index (χ1) is 10.9. The number of hydrogen-bond donors (Lipinski definition) is 0. The van der Waals surface area contributed by atoms with Crippen molar-refractivity contribution in [2.75, 3.05) is 6.61 Å². The highest BCUT2D eigenvalue weighted by atomic mass is 79.9. The maximum atomic E-state index is 12.3. The highest BCUT2D eigenvalue weighted by molar-refractivity contribution is 9.10. The summed E-state index contributed by atoms with van der Waals surface area (Å²) < 4.78 is 35.5. The molecule has 0 atom stereocenters. The molecular weight excluding hydrogens is 366 g/mol. The smallest absolute Gasteiger partial charge is 0.387 e. The largest absolute Gasteiger partial charge is 0.494 e. The van der Waals surface area contributed by atoms with Gasteiger partial charge in [-0.25, -0.2) is 0 Å². The summed E-state index contributed by atoms with van der Waals surface area (Å²) in [6.07, 6.45) is 0. The van der Waals surface area contributed by atoms with Crippen molar-refractivity contribution in [1.29, 1.82) is 0 Å². The van der Waals surface area contributed by atoms with Crippen LogP contribution in [0, 0.1) is 6.92 Å². The highest BCUT2D eigenvalue weighted by Crippen LogP contribution is 2.31. The maximum absolute atomic E-state index is 12.3. The summed E-state index contributed by atoms with van der Waals surface area (Å²) in [6.45, 7) is 5.48. The summed E-state index contributed by atoms with van der Waals surface area (Å²) in [5, 5.41) is 0. The highest BCUT2D eigenvalue weighted by Gasteiger charge is 2.11. The molecule has 2 rings (SSSR count). The number of rotatable bonds is 6. The zero-order valence-electron chi connectivity index (χ0n) is 12.9. The van der Waals surface area contributed by atoms with E-state index < -0.39 is 6.61 Å². The van der Waals surface area contributed by atoms with E-state index in [1.807, 2.05) is 25.1 Å². The molecule has 0 aliphatic heterocycles. The van der Waals surface area contributed by atoms with Gasteiger partial charge in [-0.15, -0.1) is 0 Å². The Labute approximate surface area is 142 Å². The first-order valence-corrected chi connectivity index (χ1v) is 7.88. The van der Waals surface area contributed by atoms with Gasteiger partial charge in [0, 0.05) is 4.47 Å². The second-order valence-electron chi connectivity index (χ2n) is 4.95. The molecule has 2 aromatic rings. The average molecular weight is 383 g/mol. The van der Waals surface area contributed by atoms with Gasteiger partial charge in [-0.3, -0.25) is 0 Å². The first-order valence-electron chi connectivity index (χ1n) is 7.09. The van der Waals surface area contributed by atoms with Crippen LogP contribution in [0.5, 0.6) is 11.5 Å². The standard InChI is InChI=1S/C18H17BrF2O2/c1-4-22-16-9-14(8-15(19)10-16)12(3)13-5-6-17(11(2)7-13)23-18(20)21/h5-10,18H,3-4H2,1-2H3. The summed E-state index contributed by atoms with van der Waals surface area (Å²) in [4.78, 5) is 0. The lowest BCUT2D eigenvalue weighted by Gasteiger charge is -2.13. The Morgan fingerprint density at radius 2 is 1.91 bits per heavy atom. The Balaban J connectivity index is 2.32. The number of halogens is 3. The monoisotopic (exact) mass is 382 g/mol. The minimum Gasteiger partial charge on any atom is -0.494 e. The molecule has 0 saturated carbocycles. The quantitative estimate of drug-likeness (QED) is 0.626. The van der Waals surface area contributed by atoms with Gasteiger partial charge in [0.2, 0.25) is 0 Å². The Morgan fingerprint density at radius 3 is 2.52 bits per heavy atom. The Morgan fingerprint density at radius 1 is 1.17 bits per heavy atom. The zero-order valence-corrected chi connectivity index (χ0v) is 14.5. The normalized spacial score (nSPS) is 10.7. The van der Waals surface area contributed by atoms with Gasteiger partial charge in [-0.2, -0.15) is 8.78 Å². The molecule has 0 saturated heterocycles. The van der Waals surface area contributed by atoms with Gasteiger partial charge < -0.3 is 9.47 Å². The molecule has 0 radical (unpaired) electrons. The molecule has 0 amide bonds. The molecule has 0 unspecified atom stereocenters. The first kappa shape index (κ1) is 17.5. The average Bonchev–Trinajstić information content (AvgIpc) is 2.48. The number of aryl methyl sites for hydroxylation is 1. The zero-order chi connectivity index (χ0) is 17.0. The Hall–Kier alpha value is -1.88. The maximum Gasteiger partial charge on any atom is 0.387 e. The van der Waals surface area contributed by atoms with Gasteiger partial charge >= 0.3 is 6.61 Å². The van der Waals surface area contributed by atoms with Crippen LogP contribution in [-0.2, 0) is 0 Å². The third kappa shape index (κ3) is 4.55. The molecule has 23 heavy (non-hydrogen) atoms. The number of alkyl halides is 2. The molecule has 0 heterocycles. The third-order valence-corrected chi connectivity index (χ3v) is 3.73. The summed E-state index contributed by atoms with van der Waals surface area (Å²) in [5.74, 6) is 0.910. The molecular formula is C18H17BrF2O2. The van der Waals surface area contributed by atoms with Crippen molar-refractivity contribution in [3.63, 3.8) is 0 Å². The van der Waals surface area contributed by atoms with Crippen molar-refractivity contribution >= 4 is 21.5 Å². The van der Waals surface area contributed by atoms with Crippen LogP contribution in [0.25, 0.3) is 5.57 Å². The van der Waals surface area contributed by atoms with Gasteiger partial charge in [0.05, 0.1) is 6.61 Å². The van der Waals surface area contributed by atoms with Crippen molar-refractivity contribution in [2.45, 2.75) is 20.5 Å². The minimum absolute atomic E-state index is 0.167. The van der Waals surface area contributed by atoms with Gasteiger partial charge in [-0.05, 0) is 66.4 Å². The minimum atomic E-state index is -2.83. The van der Waals surface area contributed by atoms with Crippen LogP contribution in [0.15, 0.2) is 47.4 Å². The van der Waals surface area contributed by atoms with E-state index in [0.717, 1.165) is 26.9 Å². The van der Waals surface area contributed by atoms with Crippen LogP contribution in [0.2, 0.25) is 0 Å². The summed E-state index contributed by atoms with van der Waals surface area (Å²) in [6, 6.07) is 10.7. The van der Waals surface area contributed by atoms with Gasteiger partial charge in [0.25, 0.3) is 0 Å². The van der Waals surface area contributed by atoms with Crippen molar-refractivity contribution in [3.05, 3.63) is 64.1 Å². The SMILES string of the molecule is C=C(c1cc(Br)cc(OCC)c1)c1ccc(OC(F)F)c(C)c1. The van der Waals surface area contributed by atoms with Crippen LogP contribution in [0.3, 0.4) is 0 Å².